The first kappa shape index (κ1) is 11.0. The third-order valence-corrected chi connectivity index (χ3v) is 3.21. The summed E-state index contributed by atoms with van der Waals surface area (Å²) in [5.41, 5.74) is 0.814. The number of rotatable bonds is 3. The molecular formula is C11H10F2N2S. The highest BCUT2D eigenvalue weighted by Crippen LogP contribution is 2.31. The number of alkyl halides is 2. The van der Waals surface area contributed by atoms with Crippen molar-refractivity contribution >= 4 is 16.5 Å². The maximum Gasteiger partial charge on any atom is 0.263 e. The van der Waals surface area contributed by atoms with Crippen molar-refractivity contribution in [1.82, 2.24) is 4.98 Å². The van der Waals surface area contributed by atoms with Gasteiger partial charge in [-0.3, -0.25) is 0 Å². The second-order valence-corrected chi connectivity index (χ2v) is 4.24. The summed E-state index contributed by atoms with van der Waals surface area (Å²) in [5.74, 6) is 0. The average molecular weight is 240 g/mol. The van der Waals surface area contributed by atoms with Gasteiger partial charge in [0.15, 0.2) is 5.13 Å². The van der Waals surface area contributed by atoms with Crippen LogP contribution in [0.25, 0.3) is 10.4 Å². The summed E-state index contributed by atoms with van der Waals surface area (Å²) in [7, 11) is 1.78. The number of nitrogens with one attached hydrogen (secondary N) is 1. The molecule has 2 aromatic rings. The van der Waals surface area contributed by atoms with Crippen molar-refractivity contribution in [2.24, 2.45) is 0 Å². The van der Waals surface area contributed by atoms with Gasteiger partial charge < -0.3 is 5.32 Å². The second-order valence-electron chi connectivity index (χ2n) is 3.21. The van der Waals surface area contributed by atoms with Crippen LogP contribution in [-0.4, -0.2) is 12.0 Å². The zero-order chi connectivity index (χ0) is 11.5. The minimum Gasteiger partial charge on any atom is -0.365 e. The summed E-state index contributed by atoms with van der Waals surface area (Å²) >= 11 is 1.44. The van der Waals surface area contributed by atoms with Crippen LogP contribution in [0.4, 0.5) is 13.9 Å². The predicted molar refractivity (Wildman–Crippen MR) is 62.1 cm³/mol. The Morgan fingerprint density at radius 1 is 1.38 bits per heavy atom. The summed E-state index contributed by atoms with van der Waals surface area (Å²) in [6.07, 6.45) is -0.752. The number of anilines is 1. The molecule has 0 bridgehead atoms. The number of hydrogen-bond acceptors (Lipinski definition) is 3. The van der Waals surface area contributed by atoms with E-state index in [1.165, 1.54) is 23.5 Å². The summed E-state index contributed by atoms with van der Waals surface area (Å²) < 4.78 is 25.0. The molecular weight excluding hydrogens is 230 g/mol. The molecule has 5 heteroatoms. The minimum absolute atomic E-state index is 0.0388. The molecule has 0 aliphatic rings. The molecule has 84 valence electrons. The summed E-state index contributed by atoms with van der Waals surface area (Å²) in [4.78, 5) is 4.99. The van der Waals surface area contributed by atoms with Gasteiger partial charge in [-0.25, -0.2) is 13.8 Å². The van der Waals surface area contributed by atoms with Crippen LogP contribution in [0.1, 0.15) is 12.0 Å². The Kier molecular flexibility index (Phi) is 3.14. The SMILES string of the molecule is CNc1ncc(-c2cccc(C(F)F)c2)s1. The van der Waals surface area contributed by atoms with E-state index in [4.69, 9.17) is 0 Å². The van der Waals surface area contributed by atoms with Crippen LogP contribution in [0.2, 0.25) is 0 Å². The lowest BCUT2D eigenvalue weighted by Gasteiger charge is -2.01. The Bertz CT molecular complexity index is 482. The average Bonchev–Trinajstić information content (AvgIpc) is 2.77. The van der Waals surface area contributed by atoms with Crippen molar-refractivity contribution in [3.8, 4) is 10.4 Å². The summed E-state index contributed by atoms with van der Waals surface area (Å²) in [5, 5.41) is 3.69. The van der Waals surface area contributed by atoms with Crippen LogP contribution in [0.15, 0.2) is 30.5 Å². The third kappa shape index (κ3) is 2.19. The minimum atomic E-state index is -2.43. The van der Waals surface area contributed by atoms with Crippen molar-refractivity contribution in [2.75, 3.05) is 12.4 Å². The van der Waals surface area contributed by atoms with Gasteiger partial charge in [-0.1, -0.05) is 29.5 Å². The summed E-state index contributed by atoms with van der Waals surface area (Å²) in [6, 6.07) is 6.36. The van der Waals surface area contributed by atoms with Crippen LogP contribution < -0.4 is 5.32 Å². The Morgan fingerprint density at radius 3 is 2.81 bits per heavy atom. The second kappa shape index (κ2) is 4.57. The Balaban J connectivity index is 2.36. The highest BCUT2D eigenvalue weighted by Gasteiger charge is 2.09. The number of halogens is 2. The first-order chi connectivity index (χ1) is 7.70. The van der Waals surface area contributed by atoms with Crippen molar-refractivity contribution in [2.45, 2.75) is 6.43 Å². The number of nitrogens with zero attached hydrogens (tertiary/aromatic N) is 1. The molecule has 1 N–H and O–H groups in total. The maximum absolute atomic E-state index is 12.5. The van der Waals surface area contributed by atoms with Gasteiger partial charge in [-0.15, -0.1) is 0 Å². The number of thiazole rings is 1. The van der Waals surface area contributed by atoms with E-state index < -0.39 is 6.43 Å². The van der Waals surface area contributed by atoms with E-state index in [-0.39, 0.29) is 5.56 Å². The molecule has 0 fully saturated rings. The fraction of sp³-hybridized carbons (Fsp3) is 0.182. The molecule has 0 aliphatic heterocycles. The first-order valence-electron chi connectivity index (χ1n) is 4.73. The number of aromatic nitrogens is 1. The van der Waals surface area contributed by atoms with E-state index in [1.807, 2.05) is 0 Å². The molecule has 2 nitrogen and oxygen atoms in total. The quantitative estimate of drug-likeness (QED) is 0.882. The molecule has 1 heterocycles. The zero-order valence-corrected chi connectivity index (χ0v) is 9.39. The van der Waals surface area contributed by atoms with Gasteiger partial charge in [-0.05, 0) is 11.6 Å². The molecule has 1 aromatic heterocycles. The molecule has 0 unspecified atom stereocenters. The van der Waals surface area contributed by atoms with Gasteiger partial charge in [-0.2, -0.15) is 0 Å². The van der Waals surface area contributed by atoms with E-state index in [2.05, 4.69) is 10.3 Å². The number of hydrogen-bond donors (Lipinski definition) is 1. The van der Waals surface area contributed by atoms with Crippen molar-refractivity contribution in [1.29, 1.82) is 0 Å². The van der Waals surface area contributed by atoms with Gasteiger partial charge in [0, 0.05) is 18.8 Å². The maximum atomic E-state index is 12.5. The normalized spacial score (nSPS) is 10.8. The molecule has 0 radical (unpaired) electrons. The monoisotopic (exact) mass is 240 g/mol. The molecule has 16 heavy (non-hydrogen) atoms. The van der Waals surface area contributed by atoms with Gasteiger partial charge in [0.2, 0.25) is 0 Å². The fourth-order valence-electron chi connectivity index (χ4n) is 1.35. The smallest absolute Gasteiger partial charge is 0.263 e. The molecule has 0 saturated heterocycles. The largest absolute Gasteiger partial charge is 0.365 e. The van der Waals surface area contributed by atoms with E-state index in [1.54, 1.807) is 25.4 Å². The summed E-state index contributed by atoms with van der Waals surface area (Å²) in [6.45, 7) is 0. The Hall–Kier alpha value is -1.49. The number of benzene rings is 1. The Morgan fingerprint density at radius 2 is 2.19 bits per heavy atom. The van der Waals surface area contributed by atoms with Crippen molar-refractivity contribution in [3.63, 3.8) is 0 Å². The fourth-order valence-corrected chi connectivity index (χ4v) is 2.12. The molecule has 0 spiro atoms. The lowest BCUT2D eigenvalue weighted by Crippen LogP contribution is -1.83. The molecule has 2 rings (SSSR count). The highest BCUT2D eigenvalue weighted by atomic mass is 32.1. The predicted octanol–water partition coefficient (Wildman–Crippen LogP) is 3.79. The third-order valence-electron chi connectivity index (χ3n) is 2.14. The van der Waals surface area contributed by atoms with E-state index in [0.717, 1.165) is 15.6 Å². The Labute approximate surface area is 96.0 Å². The van der Waals surface area contributed by atoms with E-state index in [9.17, 15) is 8.78 Å². The standard InChI is InChI=1S/C11H10F2N2S/c1-14-11-15-6-9(16-11)7-3-2-4-8(5-7)10(12)13/h2-6,10H,1H3,(H,14,15). The first-order valence-corrected chi connectivity index (χ1v) is 5.54. The molecule has 0 saturated carbocycles. The topological polar surface area (TPSA) is 24.9 Å². The van der Waals surface area contributed by atoms with Crippen molar-refractivity contribution in [3.05, 3.63) is 36.0 Å². The highest BCUT2D eigenvalue weighted by molar-refractivity contribution is 7.18. The van der Waals surface area contributed by atoms with Gasteiger partial charge in [0.1, 0.15) is 0 Å². The van der Waals surface area contributed by atoms with Crippen LogP contribution in [0.5, 0.6) is 0 Å². The van der Waals surface area contributed by atoms with Crippen LogP contribution >= 0.6 is 11.3 Å². The molecule has 1 aromatic carbocycles. The van der Waals surface area contributed by atoms with Crippen molar-refractivity contribution < 1.29 is 8.78 Å². The molecule has 0 amide bonds. The van der Waals surface area contributed by atoms with Gasteiger partial charge in [0.25, 0.3) is 6.43 Å². The van der Waals surface area contributed by atoms with Gasteiger partial charge >= 0.3 is 0 Å². The van der Waals surface area contributed by atoms with Crippen LogP contribution in [-0.2, 0) is 0 Å². The van der Waals surface area contributed by atoms with E-state index >= 15 is 0 Å². The molecule has 0 atom stereocenters. The molecule has 0 aliphatic carbocycles. The van der Waals surface area contributed by atoms with E-state index in [0.29, 0.717) is 0 Å². The lowest BCUT2D eigenvalue weighted by molar-refractivity contribution is 0.151. The lowest BCUT2D eigenvalue weighted by atomic mass is 10.1. The van der Waals surface area contributed by atoms with Crippen LogP contribution in [0, 0.1) is 0 Å². The van der Waals surface area contributed by atoms with Crippen LogP contribution in [0.3, 0.4) is 0 Å². The zero-order valence-electron chi connectivity index (χ0n) is 8.58. The van der Waals surface area contributed by atoms with Gasteiger partial charge in [0.05, 0.1) is 4.88 Å².